The Morgan fingerprint density at radius 3 is 1.11 bits per heavy atom. The number of nitrogens with one attached hydrogen (secondary N) is 1. The van der Waals surface area contributed by atoms with Crippen molar-refractivity contribution in [3.05, 3.63) is 109 Å². The normalized spacial score (nSPS) is 19.0. The Kier molecular flexibility index (Phi) is 58.1. The maximum atomic E-state index is 13.1. The summed E-state index contributed by atoms with van der Waals surface area (Å²) in [5.74, 6) is -0.151. The zero-order valence-electron chi connectivity index (χ0n) is 53.4. The lowest BCUT2D eigenvalue weighted by atomic mass is 9.99. The second-order valence-corrected chi connectivity index (χ2v) is 23.6. The number of carbonyl (C=O) groups is 1. The maximum Gasteiger partial charge on any atom is 0.220 e. The van der Waals surface area contributed by atoms with Gasteiger partial charge in [0.25, 0.3) is 0 Å². The van der Waals surface area contributed by atoms with Gasteiger partial charge in [0.05, 0.1) is 25.4 Å². The Morgan fingerprint density at radius 1 is 0.422 bits per heavy atom. The summed E-state index contributed by atoms with van der Waals surface area (Å²) in [4.78, 5) is 13.1. The van der Waals surface area contributed by atoms with Crippen LogP contribution in [0.4, 0.5) is 0 Å². The first kappa shape index (κ1) is 77.9. The molecule has 0 bridgehead atoms. The summed E-state index contributed by atoms with van der Waals surface area (Å²) in [5.41, 5.74) is 0. The highest BCUT2D eigenvalue weighted by molar-refractivity contribution is 5.76. The van der Waals surface area contributed by atoms with Crippen molar-refractivity contribution in [1.29, 1.82) is 0 Å². The van der Waals surface area contributed by atoms with Crippen molar-refractivity contribution in [2.75, 3.05) is 13.2 Å². The van der Waals surface area contributed by atoms with E-state index in [4.69, 9.17) is 9.47 Å². The minimum absolute atomic E-state index is 0.145. The van der Waals surface area contributed by atoms with E-state index in [2.05, 4.69) is 129 Å². The van der Waals surface area contributed by atoms with Crippen molar-refractivity contribution >= 4 is 5.91 Å². The quantitative estimate of drug-likeness (QED) is 0.0261. The second kappa shape index (κ2) is 61.9. The molecule has 1 rings (SSSR count). The van der Waals surface area contributed by atoms with Crippen LogP contribution in [0, 0.1) is 0 Å². The largest absolute Gasteiger partial charge is 0.394 e. The van der Waals surface area contributed by atoms with Crippen LogP contribution in [0.2, 0.25) is 0 Å². The molecule has 83 heavy (non-hydrogen) atoms. The predicted molar refractivity (Wildman–Crippen MR) is 354 cm³/mol. The van der Waals surface area contributed by atoms with Gasteiger partial charge in [-0.1, -0.05) is 316 Å². The fourth-order valence-electron chi connectivity index (χ4n) is 10.5. The van der Waals surface area contributed by atoms with E-state index in [1.54, 1.807) is 0 Å². The number of rotatable bonds is 59. The van der Waals surface area contributed by atoms with Crippen LogP contribution in [-0.4, -0.2) is 87.5 Å². The molecule has 0 aromatic rings. The summed E-state index contributed by atoms with van der Waals surface area (Å²) in [6.07, 6.45) is 84.2. The van der Waals surface area contributed by atoms with E-state index in [9.17, 15) is 30.3 Å². The summed E-state index contributed by atoms with van der Waals surface area (Å²) in [6.45, 7) is 3.75. The molecule has 9 nitrogen and oxygen atoms in total. The molecule has 0 spiro atoms. The second-order valence-electron chi connectivity index (χ2n) is 23.6. The fraction of sp³-hybridized carbons (Fsp3) is 0.743. The highest BCUT2D eigenvalue weighted by Gasteiger charge is 2.44. The average molecular weight is 1160 g/mol. The van der Waals surface area contributed by atoms with Gasteiger partial charge in [-0.25, -0.2) is 0 Å². The third-order valence-corrected chi connectivity index (χ3v) is 15.9. The monoisotopic (exact) mass is 1160 g/mol. The van der Waals surface area contributed by atoms with Crippen LogP contribution in [0.25, 0.3) is 0 Å². The van der Waals surface area contributed by atoms with E-state index < -0.39 is 49.5 Å². The molecule has 1 amide bonds. The Morgan fingerprint density at radius 2 is 0.747 bits per heavy atom. The zero-order valence-corrected chi connectivity index (χ0v) is 53.4. The maximum absolute atomic E-state index is 13.1. The SMILES string of the molecule is CC/C=C\C/C=C\C/C=C\C/C=C\C/C=C\C/C=C\C/C=C\C/C=C\C/C=C\CCCCCCCCCCCC(=O)NC(COC1OC(CO)C(O)C(O)C1O)C(O)CCCCCCCCCCCCCCCCCCCCCCCCC. The first-order chi connectivity index (χ1) is 40.8. The van der Waals surface area contributed by atoms with Crippen LogP contribution in [0.5, 0.6) is 0 Å². The number of allylic oxidation sites excluding steroid dienone is 18. The zero-order chi connectivity index (χ0) is 60.0. The third kappa shape index (κ3) is 50.7. The molecule has 1 saturated heterocycles. The Labute approximate surface area is 510 Å². The molecule has 6 N–H and O–H groups in total. The molecule has 478 valence electrons. The first-order valence-electron chi connectivity index (χ1n) is 34.6. The van der Waals surface area contributed by atoms with Gasteiger partial charge in [-0.2, -0.15) is 0 Å². The molecule has 1 heterocycles. The molecule has 9 heteroatoms. The smallest absolute Gasteiger partial charge is 0.220 e. The van der Waals surface area contributed by atoms with E-state index in [-0.39, 0.29) is 12.5 Å². The Balaban J connectivity index is 2.15. The molecule has 0 aromatic carbocycles. The van der Waals surface area contributed by atoms with Gasteiger partial charge in [-0.3, -0.25) is 4.79 Å². The molecule has 0 radical (unpaired) electrons. The van der Waals surface area contributed by atoms with Crippen LogP contribution in [0.15, 0.2) is 109 Å². The summed E-state index contributed by atoms with van der Waals surface area (Å²) in [5, 5.41) is 54.9. The van der Waals surface area contributed by atoms with Crippen molar-refractivity contribution < 1.29 is 39.8 Å². The number of unbranched alkanes of at least 4 members (excludes halogenated alkanes) is 31. The van der Waals surface area contributed by atoms with Gasteiger partial charge in [0.1, 0.15) is 24.4 Å². The molecule has 1 aliphatic rings. The molecule has 0 aliphatic carbocycles. The number of hydrogen-bond donors (Lipinski definition) is 6. The lowest BCUT2D eigenvalue weighted by Crippen LogP contribution is -2.60. The van der Waals surface area contributed by atoms with Crippen LogP contribution in [0.1, 0.15) is 296 Å². The minimum atomic E-state index is -1.56. The van der Waals surface area contributed by atoms with Crippen molar-refractivity contribution in [3.63, 3.8) is 0 Å². The molecular formula is C74H129NO8. The van der Waals surface area contributed by atoms with Crippen molar-refractivity contribution in [1.82, 2.24) is 5.32 Å². The lowest BCUT2D eigenvalue weighted by Gasteiger charge is -2.40. The predicted octanol–water partition coefficient (Wildman–Crippen LogP) is 18.9. The van der Waals surface area contributed by atoms with Gasteiger partial charge in [-0.15, -0.1) is 0 Å². The first-order valence-corrected chi connectivity index (χ1v) is 34.6. The van der Waals surface area contributed by atoms with Gasteiger partial charge in [0.2, 0.25) is 5.91 Å². The van der Waals surface area contributed by atoms with Crippen LogP contribution < -0.4 is 5.32 Å². The number of carbonyl (C=O) groups excluding carboxylic acids is 1. The lowest BCUT2D eigenvalue weighted by molar-refractivity contribution is -0.302. The standard InChI is InChI=1S/C74H129NO8/c1-3-5-7-9-11-13-15-17-19-21-23-25-27-28-29-30-31-32-33-34-35-36-37-38-39-40-42-44-46-48-50-52-54-56-58-60-62-64-70(78)75-67(66-82-74-73(81)72(80)71(79)69(65-76)83-74)68(77)63-61-59-57-55-53-51-49-47-45-43-41-26-24-22-20-18-16-14-12-10-8-6-4-2/h5,7,11,13,17,19,23,25,28-29,31-32,34-35,37-38,40,42,67-69,71-74,76-77,79-81H,3-4,6,8-10,12,14-16,18,20-22,24,26-27,30,33,36,39,41,43-66H2,1-2H3,(H,75,78)/b7-5-,13-11-,19-17-,25-23-,29-28-,32-31-,35-34-,38-37-,42-40-. The molecule has 7 atom stereocenters. The summed E-state index contributed by atoms with van der Waals surface area (Å²) >= 11 is 0. The molecule has 7 unspecified atom stereocenters. The van der Waals surface area contributed by atoms with Crippen LogP contribution in [0.3, 0.4) is 0 Å². The minimum Gasteiger partial charge on any atom is -0.394 e. The van der Waals surface area contributed by atoms with Gasteiger partial charge in [0.15, 0.2) is 6.29 Å². The fourth-order valence-corrected chi connectivity index (χ4v) is 10.5. The molecule has 1 fully saturated rings. The highest BCUT2D eigenvalue weighted by Crippen LogP contribution is 2.23. The molecule has 0 aromatic heterocycles. The number of ether oxygens (including phenoxy) is 2. The number of amides is 1. The van der Waals surface area contributed by atoms with E-state index >= 15 is 0 Å². The van der Waals surface area contributed by atoms with Gasteiger partial charge >= 0.3 is 0 Å². The summed E-state index contributed by atoms with van der Waals surface area (Å²) in [7, 11) is 0. The number of aliphatic hydroxyl groups is 5. The van der Waals surface area contributed by atoms with E-state index in [0.717, 1.165) is 103 Å². The van der Waals surface area contributed by atoms with Crippen LogP contribution >= 0.6 is 0 Å². The number of hydrogen-bond acceptors (Lipinski definition) is 8. The molecule has 1 aliphatic heterocycles. The highest BCUT2D eigenvalue weighted by atomic mass is 16.7. The van der Waals surface area contributed by atoms with Gasteiger partial charge in [0, 0.05) is 6.42 Å². The average Bonchev–Trinajstić information content (AvgIpc) is 3.60. The van der Waals surface area contributed by atoms with Crippen LogP contribution in [-0.2, 0) is 14.3 Å². The van der Waals surface area contributed by atoms with Gasteiger partial charge in [-0.05, 0) is 83.5 Å². The third-order valence-electron chi connectivity index (χ3n) is 15.9. The Bertz CT molecular complexity index is 1680. The van der Waals surface area contributed by atoms with Crippen molar-refractivity contribution in [2.24, 2.45) is 0 Å². The molecular weight excluding hydrogens is 1030 g/mol. The topological polar surface area (TPSA) is 149 Å². The van der Waals surface area contributed by atoms with Crippen molar-refractivity contribution in [2.45, 2.75) is 339 Å². The number of aliphatic hydroxyl groups excluding tert-OH is 5. The Hall–Kier alpha value is -3.15. The van der Waals surface area contributed by atoms with E-state index in [1.807, 2.05) is 0 Å². The summed E-state index contributed by atoms with van der Waals surface area (Å²) in [6, 6.07) is -0.731. The molecule has 0 saturated carbocycles. The van der Waals surface area contributed by atoms with Gasteiger partial charge < -0.3 is 40.3 Å². The van der Waals surface area contributed by atoms with E-state index in [1.165, 1.54) is 167 Å². The summed E-state index contributed by atoms with van der Waals surface area (Å²) < 4.78 is 11.4. The van der Waals surface area contributed by atoms with E-state index in [0.29, 0.717) is 12.8 Å². The van der Waals surface area contributed by atoms with Crippen molar-refractivity contribution in [3.8, 4) is 0 Å².